The summed E-state index contributed by atoms with van der Waals surface area (Å²) in [6.07, 6.45) is 6.86. The Hall–Kier alpha value is -2.83. The molecule has 2 amide bonds. The Bertz CT molecular complexity index is 1090. The van der Waals surface area contributed by atoms with Gasteiger partial charge in [0.15, 0.2) is 0 Å². The van der Waals surface area contributed by atoms with E-state index in [0.717, 1.165) is 55.3 Å². The number of halogens is 1. The molecule has 7 heteroatoms. The average molecular weight is 420 g/mol. The van der Waals surface area contributed by atoms with Gasteiger partial charge >= 0.3 is 0 Å². The number of carbonyl (C=O) groups excluding carboxylic acids is 2. The Kier molecular flexibility index (Phi) is 3.87. The summed E-state index contributed by atoms with van der Waals surface area (Å²) in [6.45, 7) is 2.50. The highest BCUT2D eigenvalue weighted by atomic mass is 19.1. The van der Waals surface area contributed by atoms with Crippen LogP contribution in [-0.4, -0.2) is 37.8 Å². The zero-order chi connectivity index (χ0) is 21.4. The number of nitrogens with one attached hydrogen (secondary N) is 1. The maximum atomic E-state index is 13.4. The van der Waals surface area contributed by atoms with E-state index in [4.69, 9.17) is 0 Å². The van der Waals surface area contributed by atoms with E-state index in [1.165, 1.54) is 18.6 Å². The summed E-state index contributed by atoms with van der Waals surface area (Å²) in [7, 11) is 0. The lowest BCUT2D eigenvalue weighted by atomic mass is 9.49. The number of rotatable bonds is 3. The SMILES string of the molecule is Cc1ccc2c(n1)CN(C13CC4CC(CC(NC(=O)c5ccc(F)cn5)(C4)C1)C3)C2=O. The van der Waals surface area contributed by atoms with E-state index in [1.54, 1.807) is 0 Å². The minimum absolute atomic E-state index is 0.0751. The lowest BCUT2D eigenvalue weighted by Crippen LogP contribution is -2.69. The van der Waals surface area contributed by atoms with Gasteiger partial charge in [-0.05, 0) is 81.5 Å². The number of hydrogen-bond donors (Lipinski definition) is 1. The zero-order valence-corrected chi connectivity index (χ0v) is 17.5. The van der Waals surface area contributed by atoms with Crippen molar-refractivity contribution in [2.45, 2.75) is 63.1 Å². The molecule has 3 heterocycles. The van der Waals surface area contributed by atoms with Gasteiger partial charge in [-0.2, -0.15) is 0 Å². The maximum absolute atomic E-state index is 13.4. The summed E-state index contributed by atoms with van der Waals surface area (Å²) < 4.78 is 13.2. The van der Waals surface area contributed by atoms with Crippen LogP contribution < -0.4 is 5.32 Å². The van der Waals surface area contributed by atoms with Crippen LogP contribution in [-0.2, 0) is 6.54 Å². The molecule has 4 fully saturated rings. The molecule has 160 valence electrons. The fourth-order valence-corrected chi connectivity index (χ4v) is 7.17. The Morgan fingerprint density at radius 1 is 1.16 bits per heavy atom. The number of pyridine rings is 2. The second-order valence-electron chi connectivity index (χ2n) is 10.1. The van der Waals surface area contributed by atoms with Crippen molar-refractivity contribution >= 4 is 11.8 Å². The Morgan fingerprint density at radius 3 is 2.65 bits per heavy atom. The first-order chi connectivity index (χ1) is 14.8. The molecule has 0 saturated heterocycles. The molecule has 0 aromatic carbocycles. The van der Waals surface area contributed by atoms with E-state index < -0.39 is 5.82 Å². The van der Waals surface area contributed by atoms with Gasteiger partial charge in [-0.3, -0.25) is 14.6 Å². The summed E-state index contributed by atoms with van der Waals surface area (Å²) >= 11 is 0. The van der Waals surface area contributed by atoms with Crippen LogP contribution in [0.15, 0.2) is 30.5 Å². The van der Waals surface area contributed by atoms with Crippen molar-refractivity contribution in [3.8, 4) is 0 Å². The predicted molar refractivity (Wildman–Crippen MR) is 111 cm³/mol. The highest BCUT2D eigenvalue weighted by molar-refractivity contribution is 5.98. The van der Waals surface area contributed by atoms with Gasteiger partial charge in [0.2, 0.25) is 0 Å². The minimum Gasteiger partial charge on any atom is -0.345 e. The molecule has 5 aliphatic rings. The Balaban J connectivity index is 1.31. The van der Waals surface area contributed by atoms with Crippen molar-refractivity contribution in [2.24, 2.45) is 11.8 Å². The highest BCUT2D eigenvalue weighted by Gasteiger charge is 2.61. The van der Waals surface area contributed by atoms with Crippen molar-refractivity contribution in [3.63, 3.8) is 0 Å². The van der Waals surface area contributed by atoms with Crippen LogP contribution in [0.2, 0.25) is 0 Å². The number of aryl methyl sites for hydroxylation is 1. The van der Waals surface area contributed by atoms with Crippen molar-refractivity contribution in [1.29, 1.82) is 0 Å². The minimum atomic E-state index is -0.457. The summed E-state index contributed by atoms with van der Waals surface area (Å²) in [5.74, 6) is 0.348. The van der Waals surface area contributed by atoms with Crippen LogP contribution in [0, 0.1) is 24.6 Å². The first-order valence-corrected chi connectivity index (χ1v) is 11.1. The van der Waals surface area contributed by atoms with Crippen LogP contribution >= 0.6 is 0 Å². The largest absolute Gasteiger partial charge is 0.345 e. The third-order valence-electron chi connectivity index (χ3n) is 7.84. The van der Waals surface area contributed by atoms with Gasteiger partial charge in [0.05, 0.1) is 24.0 Å². The first kappa shape index (κ1) is 18.9. The zero-order valence-electron chi connectivity index (χ0n) is 17.5. The smallest absolute Gasteiger partial charge is 0.270 e. The standard InChI is InChI=1S/C24H25FN4O2/c1-14-2-4-18-20(27-14)12-29(22(18)31)24-9-15-6-16(10-24)8-23(7-15,13-24)28-21(30)19-5-3-17(25)11-26-19/h2-5,11,15-16H,6-10,12-13H2,1H3,(H,28,30). The number of nitrogens with zero attached hydrogens (tertiary/aromatic N) is 3. The fraction of sp³-hybridized carbons (Fsp3) is 0.500. The molecule has 7 rings (SSSR count). The van der Waals surface area contributed by atoms with E-state index in [0.29, 0.717) is 18.4 Å². The van der Waals surface area contributed by atoms with Gasteiger partial charge in [-0.15, -0.1) is 0 Å². The van der Waals surface area contributed by atoms with Crippen LogP contribution in [0.5, 0.6) is 0 Å². The second-order valence-corrected chi connectivity index (χ2v) is 10.1. The van der Waals surface area contributed by atoms with E-state index in [2.05, 4.69) is 20.2 Å². The van der Waals surface area contributed by atoms with Gasteiger partial charge in [0.25, 0.3) is 11.8 Å². The summed E-state index contributed by atoms with van der Waals surface area (Å²) in [4.78, 5) is 37.0. The summed E-state index contributed by atoms with van der Waals surface area (Å²) in [5, 5.41) is 3.28. The van der Waals surface area contributed by atoms with Crippen molar-refractivity contribution in [3.05, 3.63) is 58.9 Å². The van der Waals surface area contributed by atoms with E-state index in [-0.39, 0.29) is 28.6 Å². The van der Waals surface area contributed by atoms with E-state index in [9.17, 15) is 14.0 Å². The third kappa shape index (κ3) is 2.89. The van der Waals surface area contributed by atoms with Crippen LogP contribution in [0.25, 0.3) is 0 Å². The average Bonchev–Trinajstić information content (AvgIpc) is 3.03. The molecule has 2 aromatic rings. The molecule has 2 aromatic heterocycles. The molecule has 31 heavy (non-hydrogen) atoms. The van der Waals surface area contributed by atoms with Gasteiger partial charge in [-0.25, -0.2) is 9.37 Å². The molecule has 4 aliphatic carbocycles. The Labute approximate surface area is 180 Å². The topological polar surface area (TPSA) is 75.2 Å². The molecular formula is C24H25FN4O2. The molecule has 4 bridgehead atoms. The maximum Gasteiger partial charge on any atom is 0.270 e. The molecule has 6 nitrogen and oxygen atoms in total. The molecule has 1 aliphatic heterocycles. The quantitative estimate of drug-likeness (QED) is 0.826. The number of carbonyl (C=O) groups is 2. The van der Waals surface area contributed by atoms with Crippen LogP contribution in [0.4, 0.5) is 4.39 Å². The van der Waals surface area contributed by atoms with Gasteiger partial charge in [-0.1, -0.05) is 0 Å². The molecule has 0 spiro atoms. The van der Waals surface area contributed by atoms with Gasteiger partial charge in [0, 0.05) is 16.8 Å². The predicted octanol–water partition coefficient (Wildman–Crippen LogP) is 3.40. The molecule has 2 atom stereocenters. The van der Waals surface area contributed by atoms with Gasteiger partial charge < -0.3 is 10.2 Å². The molecule has 1 N–H and O–H groups in total. The van der Waals surface area contributed by atoms with Gasteiger partial charge in [0.1, 0.15) is 11.5 Å². The molecular weight excluding hydrogens is 395 g/mol. The molecule has 2 unspecified atom stereocenters. The van der Waals surface area contributed by atoms with Crippen molar-refractivity contribution in [2.75, 3.05) is 0 Å². The normalized spacial score (nSPS) is 33.0. The van der Waals surface area contributed by atoms with Crippen LogP contribution in [0.3, 0.4) is 0 Å². The highest BCUT2D eigenvalue weighted by Crippen LogP contribution is 2.60. The summed E-state index contributed by atoms with van der Waals surface area (Å²) in [5.41, 5.74) is 2.17. The number of hydrogen-bond acceptors (Lipinski definition) is 4. The summed E-state index contributed by atoms with van der Waals surface area (Å²) in [6, 6.07) is 6.49. The van der Waals surface area contributed by atoms with Crippen LogP contribution in [0.1, 0.15) is 70.8 Å². The molecule has 0 radical (unpaired) electrons. The molecule has 4 saturated carbocycles. The lowest BCUT2D eigenvalue weighted by Gasteiger charge is -2.64. The monoisotopic (exact) mass is 420 g/mol. The van der Waals surface area contributed by atoms with Crippen molar-refractivity contribution in [1.82, 2.24) is 20.2 Å². The Morgan fingerprint density at radius 2 is 1.94 bits per heavy atom. The number of fused-ring (bicyclic) bond motifs is 1. The van der Waals surface area contributed by atoms with E-state index in [1.807, 2.05) is 19.1 Å². The van der Waals surface area contributed by atoms with E-state index >= 15 is 0 Å². The first-order valence-electron chi connectivity index (χ1n) is 11.1. The lowest BCUT2D eigenvalue weighted by molar-refractivity contribution is -0.0940. The van der Waals surface area contributed by atoms with Crippen molar-refractivity contribution < 1.29 is 14.0 Å². The number of amides is 2. The fourth-order valence-electron chi connectivity index (χ4n) is 7.17. The third-order valence-corrected chi connectivity index (χ3v) is 7.84. The number of aromatic nitrogens is 2. The second kappa shape index (κ2) is 6.34.